The Morgan fingerprint density at radius 1 is 1.54 bits per heavy atom. The van der Waals surface area contributed by atoms with Gasteiger partial charge in [0.2, 0.25) is 0 Å². The average Bonchev–Trinajstić information content (AvgIpc) is 2.19. The van der Waals surface area contributed by atoms with E-state index in [1.807, 2.05) is 18.2 Å². The molecule has 0 aliphatic rings. The zero-order valence-corrected chi connectivity index (χ0v) is 8.81. The van der Waals surface area contributed by atoms with Crippen molar-refractivity contribution in [3.05, 3.63) is 37.2 Å². The fourth-order valence-corrected chi connectivity index (χ4v) is 2.38. The molecule has 0 fully saturated rings. The molecule has 0 atom stereocenters. The Labute approximate surface area is 86.2 Å². The molecule has 1 rings (SSSR count). The molecule has 0 bridgehead atoms. The first-order valence-corrected chi connectivity index (χ1v) is 6.18. The highest BCUT2D eigenvalue weighted by atomic mass is 33.1. The molecule has 0 saturated carbocycles. The zero-order chi connectivity index (χ0) is 9.36. The van der Waals surface area contributed by atoms with E-state index < -0.39 is 0 Å². The molecule has 0 aliphatic heterocycles. The third kappa shape index (κ3) is 4.85. The molecule has 70 valence electrons. The van der Waals surface area contributed by atoms with E-state index in [0.717, 1.165) is 10.8 Å². The number of pyridine rings is 1. The number of nitrogens with zero attached hydrogens (tertiary/aromatic N) is 1. The molecule has 0 radical (unpaired) electrons. The van der Waals surface area contributed by atoms with Crippen molar-refractivity contribution in [1.29, 1.82) is 0 Å². The molecule has 0 amide bonds. The highest BCUT2D eigenvalue weighted by Crippen LogP contribution is 2.28. The van der Waals surface area contributed by atoms with E-state index in [-0.39, 0.29) is 0 Å². The van der Waals surface area contributed by atoms with Gasteiger partial charge in [-0.25, -0.2) is 4.98 Å². The standard InChI is InChI=1S/C9H11NOS2/c1-2-11-7-8-12-13-9-5-3-4-6-10-9/h2-6H,1,7-8H2. The second-order valence-corrected chi connectivity index (χ2v) is 4.55. The Morgan fingerprint density at radius 2 is 2.46 bits per heavy atom. The van der Waals surface area contributed by atoms with Crippen LogP contribution in [0.4, 0.5) is 0 Å². The lowest BCUT2D eigenvalue weighted by Crippen LogP contribution is -1.88. The van der Waals surface area contributed by atoms with Gasteiger partial charge in [0.25, 0.3) is 0 Å². The maximum Gasteiger partial charge on any atom is 0.106 e. The molecule has 0 saturated heterocycles. The molecule has 0 spiro atoms. The van der Waals surface area contributed by atoms with E-state index in [9.17, 15) is 0 Å². The quantitative estimate of drug-likeness (QED) is 0.411. The highest BCUT2D eigenvalue weighted by Gasteiger charge is 1.93. The van der Waals surface area contributed by atoms with Crippen LogP contribution in [-0.4, -0.2) is 17.3 Å². The van der Waals surface area contributed by atoms with Crippen LogP contribution in [0.25, 0.3) is 0 Å². The summed E-state index contributed by atoms with van der Waals surface area (Å²) in [4.78, 5) is 4.18. The molecule has 1 aromatic heterocycles. The van der Waals surface area contributed by atoms with Crippen molar-refractivity contribution < 1.29 is 4.74 Å². The van der Waals surface area contributed by atoms with Crippen molar-refractivity contribution in [2.24, 2.45) is 0 Å². The van der Waals surface area contributed by atoms with Crippen LogP contribution in [0.3, 0.4) is 0 Å². The second kappa shape index (κ2) is 6.86. The predicted molar refractivity (Wildman–Crippen MR) is 58.7 cm³/mol. The summed E-state index contributed by atoms with van der Waals surface area (Å²) >= 11 is 0. The van der Waals surface area contributed by atoms with Gasteiger partial charge >= 0.3 is 0 Å². The molecule has 0 aliphatic carbocycles. The summed E-state index contributed by atoms with van der Waals surface area (Å²) < 4.78 is 4.98. The zero-order valence-electron chi connectivity index (χ0n) is 7.18. The summed E-state index contributed by atoms with van der Waals surface area (Å²) in [6, 6.07) is 5.89. The molecular formula is C9H11NOS2. The normalized spacial score (nSPS) is 9.54. The Kier molecular flexibility index (Phi) is 5.52. The number of hydrogen-bond donors (Lipinski definition) is 0. The molecule has 1 heterocycles. The SMILES string of the molecule is C=COCCSSc1ccccn1. The molecule has 13 heavy (non-hydrogen) atoms. The minimum absolute atomic E-state index is 0.702. The third-order valence-electron chi connectivity index (χ3n) is 1.18. The summed E-state index contributed by atoms with van der Waals surface area (Å²) in [7, 11) is 3.39. The summed E-state index contributed by atoms with van der Waals surface area (Å²) in [6.07, 6.45) is 3.26. The lowest BCUT2D eigenvalue weighted by molar-refractivity contribution is 0.274. The Bertz CT molecular complexity index is 241. The number of aromatic nitrogens is 1. The maximum atomic E-state index is 4.98. The second-order valence-electron chi connectivity index (χ2n) is 2.11. The summed E-state index contributed by atoms with van der Waals surface area (Å²) in [5.41, 5.74) is 0. The molecular weight excluding hydrogens is 202 g/mol. The number of rotatable bonds is 6. The largest absolute Gasteiger partial charge is 0.501 e. The minimum atomic E-state index is 0.702. The van der Waals surface area contributed by atoms with Gasteiger partial charge in [-0.15, -0.1) is 0 Å². The average molecular weight is 213 g/mol. The minimum Gasteiger partial charge on any atom is -0.501 e. The van der Waals surface area contributed by atoms with Gasteiger partial charge in [-0.2, -0.15) is 0 Å². The van der Waals surface area contributed by atoms with Crippen LogP contribution in [0.2, 0.25) is 0 Å². The van der Waals surface area contributed by atoms with Crippen molar-refractivity contribution >= 4 is 21.6 Å². The first kappa shape index (κ1) is 10.5. The van der Waals surface area contributed by atoms with Crippen LogP contribution in [0.5, 0.6) is 0 Å². The van der Waals surface area contributed by atoms with E-state index in [1.165, 1.54) is 6.26 Å². The van der Waals surface area contributed by atoms with E-state index >= 15 is 0 Å². The maximum absolute atomic E-state index is 4.98. The predicted octanol–water partition coefficient (Wildman–Crippen LogP) is 2.98. The lowest BCUT2D eigenvalue weighted by Gasteiger charge is -1.99. The van der Waals surface area contributed by atoms with Crippen LogP contribution < -0.4 is 0 Å². The van der Waals surface area contributed by atoms with Gasteiger partial charge in [-0.05, 0) is 22.9 Å². The van der Waals surface area contributed by atoms with Crippen LogP contribution in [0, 0.1) is 0 Å². The number of ether oxygens (including phenoxy) is 1. The Morgan fingerprint density at radius 3 is 3.15 bits per heavy atom. The van der Waals surface area contributed by atoms with Crippen LogP contribution in [-0.2, 0) is 4.74 Å². The van der Waals surface area contributed by atoms with Crippen LogP contribution in [0.15, 0.2) is 42.3 Å². The molecule has 2 nitrogen and oxygen atoms in total. The topological polar surface area (TPSA) is 22.1 Å². The van der Waals surface area contributed by atoms with Crippen molar-refractivity contribution in [1.82, 2.24) is 4.98 Å². The Hall–Kier alpha value is -0.610. The summed E-state index contributed by atoms with van der Waals surface area (Å²) in [5.74, 6) is 0.938. The first-order valence-electron chi connectivity index (χ1n) is 3.86. The van der Waals surface area contributed by atoms with Gasteiger partial charge in [0.05, 0.1) is 12.9 Å². The van der Waals surface area contributed by atoms with Crippen molar-refractivity contribution in [3.8, 4) is 0 Å². The summed E-state index contributed by atoms with van der Waals surface area (Å²) in [5, 5.41) is 1.03. The fraction of sp³-hybridized carbons (Fsp3) is 0.222. The summed E-state index contributed by atoms with van der Waals surface area (Å²) in [6.45, 7) is 4.17. The van der Waals surface area contributed by atoms with Crippen molar-refractivity contribution in [2.75, 3.05) is 12.4 Å². The van der Waals surface area contributed by atoms with Crippen LogP contribution >= 0.6 is 21.6 Å². The van der Waals surface area contributed by atoms with Gasteiger partial charge in [0, 0.05) is 11.9 Å². The Balaban J connectivity index is 2.10. The van der Waals surface area contributed by atoms with E-state index in [4.69, 9.17) is 4.74 Å². The smallest absolute Gasteiger partial charge is 0.106 e. The van der Waals surface area contributed by atoms with Crippen molar-refractivity contribution in [3.63, 3.8) is 0 Å². The van der Waals surface area contributed by atoms with Crippen molar-refractivity contribution in [2.45, 2.75) is 5.03 Å². The van der Waals surface area contributed by atoms with E-state index in [1.54, 1.807) is 27.8 Å². The van der Waals surface area contributed by atoms with Gasteiger partial charge in [-0.3, -0.25) is 0 Å². The van der Waals surface area contributed by atoms with Gasteiger partial charge < -0.3 is 4.74 Å². The number of hydrogen-bond acceptors (Lipinski definition) is 4. The van der Waals surface area contributed by atoms with E-state index in [2.05, 4.69) is 11.6 Å². The molecule has 0 unspecified atom stereocenters. The molecule has 4 heteroatoms. The third-order valence-corrected chi connectivity index (χ3v) is 3.41. The lowest BCUT2D eigenvalue weighted by atomic mass is 10.5. The molecule has 1 aromatic rings. The monoisotopic (exact) mass is 213 g/mol. The van der Waals surface area contributed by atoms with E-state index in [0.29, 0.717) is 6.61 Å². The molecule has 0 N–H and O–H groups in total. The first-order chi connectivity index (χ1) is 6.43. The highest BCUT2D eigenvalue weighted by molar-refractivity contribution is 8.76. The fourth-order valence-electron chi connectivity index (χ4n) is 0.664. The van der Waals surface area contributed by atoms with Crippen LogP contribution in [0.1, 0.15) is 0 Å². The van der Waals surface area contributed by atoms with Gasteiger partial charge in [-0.1, -0.05) is 23.4 Å². The molecule has 0 aromatic carbocycles. The van der Waals surface area contributed by atoms with Gasteiger partial charge in [0.1, 0.15) is 5.03 Å². The van der Waals surface area contributed by atoms with Gasteiger partial charge in [0.15, 0.2) is 0 Å².